The first kappa shape index (κ1) is 13.0. The van der Waals surface area contributed by atoms with Gasteiger partial charge < -0.3 is 4.90 Å². The van der Waals surface area contributed by atoms with Gasteiger partial charge in [-0.25, -0.2) is 0 Å². The van der Waals surface area contributed by atoms with Crippen LogP contribution in [0.25, 0.3) is 0 Å². The fourth-order valence-electron chi connectivity index (χ4n) is 3.13. The molecule has 19 heavy (non-hydrogen) atoms. The molecule has 4 heteroatoms. The second-order valence-corrected chi connectivity index (χ2v) is 6.54. The lowest BCUT2D eigenvalue weighted by molar-refractivity contribution is -0.135. The molecule has 0 spiro atoms. The van der Waals surface area contributed by atoms with Crippen molar-refractivity contribution >= 4 is 17.7 Å². The van der Waals surface area contributed by atoms with E-state index in [2.05, 4.69) is 16.0 Å². The normalized spacial score (nSPS) is 25.6. The van der Waals surface area contributed by atoms with E-state index in [-0.39, 0.29) is 5.37 Å². The van der Waals surface area contributed by atoms with Crippen LogP contribution >= 0.6 is 11.8 Å². The number of rotatable bonds is 2. The summed E-state index contributed by atoms with van der Waals surface area (Å²) in [5.41, 5.74) is 1.17. The highest BCUT2D eigenvalue weighted by Gasteiger charge is 2.35. The molecule has 1 unspecified atom stereocenters. The average molecular weight is 276 g/mol. The van der Waals surface area contributed by atoms with Crippen LogP contribution in [0.5, 0.6) is 0 Å². The molecule has 1 aliphatic carbocycles. The monoisotopic (exact) mass is 276 g/mol. The zero-order valence-electron chi connectivity index (χ0n) is 11.1. The number of amides is 1. The number of hydrogen-bond acceptors (Lipinski definition) is 3. The van der Waals surface area contributed by atoms with Crippen LogP contribution in [0.15, 0.2) is 24.5 Å². The summed E-state index contributed by atoms with van der Waals surface area (Å²) >= 11 is 1.89. The maximum atomic E-state index is 12.4. The van der Waals surface area contributed by atoms with Gasteiger partial charge in [-0.3, -0.25) is 9.78 Å². The van der Waals surface area contributed by atoms with Crippen molar-refractivity contribution < 1.29 is 4.79 Å². The number of carbonyl (C=O) groups is 1. The Balaban J connectivity index is 1.85. The smallest absolute Gasteiger partial charge is 0.224 e. The molecular formula is C15H20N2OS. The highest BCUT2D eigenvalue weighted by molar-refractivity contribution is 7.99. The van der Waals surface area contributed by atoms with Gasteiger partial charge >= 0.3 is 0 Å². The maximum absolute atomic E-state index is 12.4. The third-order valence-corrected chi connectivity index (χ3v) is 5.32. The summed E-state index contributed by atoms with van der Waals surface area (Å²) in [5, 5.41) is 0.179. The molecule has 1 aromatic rings. The van der Waals surface area contributed by atoms with Crippen LogP contribution in [0.3, 0.4) is 0 Å². The fourth-order valence-corrected chi connectivity index (χ4v) is 4.43. The molecule has 2 aliphatic rings. The quantitative estimate of drug-likeness (QED) is 0.830. The van der Waals surface area contributed by atoms with E-state index < -0.39 is 0 Å². The zero-order chi connectivity index (χ0) is 13.1. The van der Waals surface area contributed by atoms with Gasteiger partial charge in [0.2, 0.25) is 5.91 Å². The van der Waals surface area contributed by atoms with Crippen molar-refractivity contribution in [3.63, 3.8) is 0 Å². The minimum atomic E-state index is 0.179. The van der Waals surface area contributed by atoms with Crippen molar-refractivity contribution in [3.05, 3.63) is 30.1 Å². The third-order valence-electron chi connectivity index (χ3n) is 4.07. The van der Waals surface area contributed by atoms with Crippen molar-refractivity contribution in [3.8, 4) is 0 Å². The molecule has 2 heterocycles. The van der Waals surface area contributed by atoms with Crippen LogP contribution in [-0.2, 0) is 4.79 Å². The first-order chi connectivity index (χ1) is 9.36. The topological polar surface area (TPSA) is 33.2 Å². The van der Waals surface area contributed by atoms with Gasteiger partial charge in [0.15, 0.2) is 0 Å². The van der Waals surface area contributed by atoms with Gasteiger partial charge in [-0.2, -0.15) is 0 Å². The van der Waals surface area contributed by atoms with Crippen LogP contribution in [0.2, 0.25) is 0 Å². The standard InChI is InChI=1S/C15H20N2OS/c18-14-8-10-19-15(12-5-4-9-16-11-12)17(14)13-6-2-1-3-7-13/h4-5,9,11,13,15H,1-3,6-8,10H2. The molecule has 3 nitrogen and oxygen atoms in total. The fraction of sp³-hybridized carbons (Fsp3) is 0.600. The van der Waals surface area contributed by atoms with Gasteiger partial charge in [0.05, 0.1) is 0 Å². The van der Waals surface area contributed by atoms with E-state index in [4.69, 9.17) is 0 Å². The average Bonchev–Trinajstić information content (AvgIpc) is 2.49. The number of carbonyl (C=O) groups excluding carboxylic acids is 1. The summed E-state index contributed by atoms with van der Waals surface area (Å²) in [7, 11) is 0. The first-order valence-electron chi connectivity index (χ1n) is 7.19. The van der Waals surface area contributed by atoms with E-state index in [0.717, 1.165) is 5.75 Å². The molecule has 3 rings (SSSR count). The Hall–Kier alpha value is -1.03. The molecule has 1 aromatic heterocycles. The van der Waals surface area contributed by atoms with Crippen LogP contribution in [-0.4, -0.2) is 27.6 Å². The lowest BCUT2D eigenvalue weighted by atomic mass is 9.93. The van der Waals surface area contributed by atoms with Crippen LogP contribution in [0, 0.1) is 0 Å². The van der Waals surface area contributed by atoms with E-state index in [9.17, 15) is 4.79 Å². The molecular weight excluding hydrogens is 256 g/mol. The van der Waals surface area contributed by atoms with Crippen LogP contribution in [0.1, 0.15) is 49.5 Å². The van der Waals surface area contributed by atoms with Crippen molar-refractivity contribution in [1.82, 2.24) is 9.88 Å². The van der Waals surface area contributed by atoms with Crippen molar-refractivity contribution in [2.45, 2.75) is 49.9 Å². The van der Waals surface area contributed by atoms with Gasteiger partial charge in [0.1, 0.15) is 5.37 Å². The number of hydrogen-bond donors (Lipinski definition) is 0. The van der Waals surface area contributed by atoms with Crippen molar-refractivity contribution in [1.29, 1.82) is 0 Å². The Labute approximate surface area is 118 Å². The lowest BCUT2D eigenvalue weighted by Gasteiger charge is -2.42. The summed E-state index contributed by atoms with van der Waals surface area (Å²) in [6, 6.07) is 4.51. The molecule has 1 saturated heterocycles. The van der Waals surface area contributed by atoms with E-state index in [1.807, 2.05) is 24.0 Å². The minimum absolute atomic E-state index is 0.179. The number of aromatic nitrogens is 1. The second-order valence-electron chi connectivity index (χ2n) is 5.35. The lowest BCUT2D eigenvalue weighted by Crippen LogP contribution is -2.45. The van der Waals surface area contributed by atoms with Crippen molar-refractivity contribution in [2.75, 3.05) is 5.75 Å². The largest absolute Gasteiger partial charge is 0.324 e. The molecule has 2 fully saturated rings. The predicted molar refractivity (Wildman–Crippen MR) is 77.8 cm³/mol. The first-order valence-corrected chi connectivity index (χ1v) is 8.24. The van der Waals surface area contributed by atoms with E-state index >= 15 is 0 Å². The summed E-state index contributed by atoms with van der Waals surface area (Å²) in [4.78, 5) is 18.7. The molecule has 1 saturated carbocycles. The molecule has 0 radical (unpaired) electrons. The van der Waals surface area contributed by atoms with E-state index in [0.29, 0.717) is 18.4 Å². The number of pyridine rings is 1. The molecule has 0 aromatic carbocycles. The highest BCUT2D eigenvalue weighted by atomic mass is 32.2. The molecule has 1 aliphatic heterocycles. The molecule has 1 amide bonds. The van der Waals surface area contributed by atoms with E-state index in [1.165, 1.54) is 37.7 Å². The number of nitrogens with zero attached hydrogens (tertiary/aromatic N) is 2. The Morgan fingerprint density at radius 3 is 2.84 bits per heavy atom. The van der Waals surface area contributed by atoms with Gasteiger partial charge in [-0.1, -0.05) is 25.3 Å². The van der Waals surface area contributed by atoms with Crippen LogP contribution in [0.4, 0.5) is 0 Å². The Morgan fingerprint density at radius 1 is 1.26 bits per heavy atom. The summed E-state index contributed by atoms with van der Waals surface area (Å²) in [5.74, 6) is 1.27. The van der Waals surface area contributed by atoms with E-state index in [1.54, 1.807) is 6.20 Å². The summed E-state index contributed by atoms with van der Waals surface area (Å²) < 4.78 is 0. The molecule has 1 atom stereocenters. The zero-order valence-corrected chi connectivity index (χ0v) is 11.9. The predicted octanol–water partition coefficient (Wildman–Crippen LogP) is 3.38. The van der Waals surface area contributed by atoms with Gasteiger partial charge in [0.25, 0.3) is 0 Å². The Kier molecular flexibility index (Phi) is 4.06. The summed E-state index contributed by atoms with van der Waals surface area (Å²) in [6.45, 7) is 0. The Morgan fingerprint density at radius 2 is 2.11 bits per heavy atom. The number of thioether (sulfide) groups is 1. The maximum Gasteiger partial charge on any atom is 0.224 e. The molecule has 0 bridgehead atoms. The summed E-state index contributed by atoms with van der Waals surface area (Å²) in [6.07, 6.45) is 10.6. The molecule has 102 valence electrons. The highest BCUT2D eigenvalue weighted by Crippen LogP contribution is 2.41. The van der Waals surface area contributed by atoms with Crippen LogP contribution < -0.4 is 0 Å². The second kappa shape index (κ2) is 5.95. The van der Waals surface area contributed by atoms with Gasteiger partial charge in [0, 0.05) is 36.2 Å². The SMILES string of the molecule is O=C1CCSC(c2cccnc2)N1C1CCCCC1. The minimum Gasteiger partial charge on any atom is -0.324 e. The van der Waals surface area contributed by atoms with Gasteiger partial charge in [-0.15, -0.1) is 11.8 Å². The molecule has 0 N–H and O–H groups in total. The third kappa shape index (κ3) is 2.78. The van der Waals surface area contributed by atoms with Crippen molar-refractivity contribution in [2.24, 2.45) is 0 Å². The van der Waals surface area contributed by atoms with Gasteiger partial charge in [-0.05, 0) is 18.9 Å². The Bertz CT molecular complexity index is 431.